The van der Waals surface area contributed by atoms with Crippen LogP contribution in [0, 0.1) is 5.82 Å². The molecule has 2 aromatic carbocycles. The van der Waals surface area contributed by atoms with Gasteiger partial charge in [0.1, 0.15) is 24.6 Å². The van der Waals surface area contributed by atoms with Gasteiger partial charge in [0.25, 0.3) is 0 Å². The first-order chi connectivity index (χ1) is 17.2. The fraction of sp³-hybridized carbons (Fsp3) is 0.429. The average Bonchev–Trinajstić information content (AvgIpc) is 2.83. The lowest BCUT2D eigenvalue weighted by molar-refractivity contribution is -0.145. The highest BCUT2D eigenvalue weighted by Gasteiger charge is 2.22. The number of Topliss-reactive ketones (excluding diaryl/α,β-unsaturated/α-hetero) is 1. The number of ether oxygens (including phenoxy) is 4. The highest BCUT2D eigenvalue weighted by Crippen LogP contribution is 2.45. The van der Waals surface area contributed by atoms with Gasteiger partial charge < -0.3 is 24.1 Å². The SMILES string of the molecule is CCOC(=O)CC(=O)CC(O)C=Cc1c(C(C)C)cc(OC)c(OCCOC)c1-c1ccc(F)cc1. The molecule has 1 atom stereocenters. The smallest absolute Gasteiger partial charge is 0.313 e. The maximum Gasteiger partial charge on any atom is 0.313 e. The van der Waals surface area contributed by atoms with E-state index in [2.05, 4.69) is 0 Å². The number of rotatable bonds is 14. The highest BCUT2D eigenvalue weighted by atomic mass is 19.1. The van der Waals surface area contributed by atoms with Crippen molar-refractivity contribution in [3.63, 3.8) is 0 Å². The summed E-state index contributed by atoms with van der Waals surface area (Å²) in [5.41, 5.74) is 3.00. The van der Waals surface area contributed by atoms with E-state index in [1.165, 1.54) is 18.2 Å². The highest BCUT2D eigenvalue weighted by molar-refractivity contribution is 5.96. The molecule has 8 heteroatoms. The van der Waals surface area contributed by atoms with Crippen LogP contribution in [0.5, 0.6) is 11.5 Å². The van der Waals surface area contributed by atoms with Gasteiger partial charge in [-0.05, 0) is 47.7 Å². The molecular formula is C28H35FO7. The van der Waals surface area contributed by atoms with Gasteiger partial charge in [0.05, 0.1) is 26.4 Å². The number of benzene rings is 2. The van der Waals surface area contributed by atoms with Crippen LogP contribution in [0.25, 0.3) is 17.2 Å². The van der Waals surface area contributed by atoms with Crippen LogP contribution in [0.15, 0.2) is 36.4 Å². The van der Waals surface area contributed by atoms with Crippen molar-refractivity contribution in [2.75, 3.05) is 34.0 Å². The van der Waals surface area contributed by atoms with E-state index in [0.29, 0.717) is 29.2 Å². The number of carbonyl (C=O) groups excluding carboxylic acids is 2. The van der Waals surface area contributed by atoms with Gasteiger partial charge in [-0.3, -0.25) is 9.59 Å². The Bertz CT molecular complexity index is 1040. The van der Waals surface area contributed by atoms with Gasteiger partial charge in [-0.15, -0.1) is 0 Å². The summed E-state index contributed by atoms with van der Waals surface area (Å²) in [5.74, 6) is -0.387. The Morgan fingerprint density at radius 2 is 1.81 bits per heavy atom. The summed E-state index contributed by atoms with van der Waals surface area (Å²) in [4.78, 5) is 23.7. The molecule has 0 aromatic heterocycles. The van der Waals surface area contributed by atoms with Crippen LogP contribution in [-0.4, -0.2) is 57.0 Å². The van der Waals surface area contributed by atoms with Crippen LogP contribution in [0.2, 0.25) is 0 Å². The van der Waals surface area contributed by atoms with Crippen molar-refractivity contribution >= 4 is 17.8 Å². The summed E-state index contributed by atoms with van der Waals surface area (Å²) in [5, 5.41) is 10.5. The second kappa shape index (κ2) is 14.4. The van der Waals surface area contributed by atoms with E-state index in [9.17, 15) is 19.1 Å². The molecule has 0 aliphatic carbocycles. The molecule has 0 saturated carbocycles. The monoisotopic (exact) mass is 502 g/mol. The Labute approximate surface area is 211 Å². The summed E-state index contributed by atoms with van der Waals surface area (Å²) in [6.45, 7) is 6.50. The number of esters is 1. The first-order valence-corrected chi connectivity index (χ1v) is 11.9. The van der Waals surface area contributed by atoms with Crippen molar-refractivity contribution in [1.29, 1.82) is 0 Å². The minimum absolute atomic E-state index is 0.0633. The van der Waals surface area contributed by atoms with E-state index >= 15 is 0 Å². The second-order valence-electron chi connectivity index (χ2n) is 8.44. The zero-order valence-corrected chi connectivity index (χ0v) is 21.5. The van der Waals surface area contributed by atoms with E-state index in [1.54, 1.807) is 39.4 Å². The van der Waals surface area contributed by atoms with Crippen LogP contribution < -0.4 is 9.47 Å². The number of halogens is 1. The average molecular weight is 503 g/mol. The van der Waals surface area contributed by atoms with Crippen molar-refractivity contribution in [2.45, 2.75) is 45.6 Å². The van der Waals surface area contributed by atoms with Crippen LogP contribution in [0.3, 0.4) is 0 Å². The fourth-order valence-corrected chi connectivity index (χ4v) is 3.71. The van der Waals surface area contributed by atoms with Gasteiger partial charge in [0.15, 0.2) is 11.5 Å². The molecule has 0 aliphatic rings. The third-order valence-electron chi connectivity index (χ3n) is 5.40. The summed E-state index contributed by atoms with van der Waals surface area (Å²) in [6.07, 6.45) is 1.48. The Kier molecular flexibility index (Phi) is 11.6. The number of hydrogen-bond acceptors (Lipinski definition) is 7. The third-order valence-corrected chi connectivity index (χ3v) is 5.40. The standard InChI is InChI=1S/C28H35FO7/c1-6-35-26(32)16-22(31)15-21(30)11-12-23-24(18(2)3)17-25(34-5)28(36-14-13-33-4)27(23)19-7-9-20(29)10-8-19/h7-12,17-18,21,30H,6,13-16H2,1-5H3. The van der Waals surface area contributed by atoms with E-state index in [1.807, 2.05) is 19.9 Å². The van der Waals surface area contributed by atoms with Crippen molar-refractivity contribution in [2.24, 2.45) is 0 Å². The molecule has 0 saturated heterocycles. The molecular weight excluding hydrogens is 467 g/mol. The van der Waals surface area contributed by atoms with Gasteiger partial charge in [0, 0.05) is 19.1 Å². The van der Waals surface area contributed by atoms with Gasteiger partial charge in [-0.2, -0.15) is 0 Å². The number of aliphatic hydroxyl groups is 1. The molecule has 36 heavy (non-hydrogen) atoms. The lowest BCUT2D eigenvalue weighted by atomic mass is 9.88. The Morgan fingerprint density at radius 1 is 1.11 bits per heavy atom. The minimum Gasteiger partial charge on any atom is -0.493 e. The lowest BCUT2D eigenvalue weighted by Crippen LogP contribution is -2.16. The van der Waals surface area contributed by atoms with Crippen molar-refractivity contribution in [3.05, 3.63) is 53.4 Å². The molecule has 0 bridgehead atoms. The molecule has 0 fully saturated rings. The molecule has 1 N–H and O–H groups in total. The predicted octanol–water partition coefficient (Wildman–Crippen LogP) is 4.94. The normalized spacial score (nSPS) is 12.1. The summed E-state index contributed by atoms with van der Waals surface area (Å²) in [6, 6.07) is 7.89. The van der Waals surface area contributed by atoms with Crippen LogP contribution >= 0.6 is 0 Å². The van der Waals surface area contributed by atoms with Crippen LogP contribution in [0.1, 0.15) is 50.7 Å². The molecule has 1 unspecified atom stereocenters. The van der Waals surface area contributed by atoms with Crippen molar-refractivity contribution in [3.8, 4) is 22.6 Å². The van der Waals surface area contributed by atoms with E-state index in [4.69, 9.17) is 18.9 Å². The molecule has 0 heterocycles. The number of hydrogen-bond donors (Lipinski definition) is 1. The van der Waals surface area contributed by atoms with Crippen LogP contribution in [-0.2, 0) is 19.1 Å². The topological polar surface area (TPSA) is 91.3 Å². The molecule has 0 aliphatic heterocycles. The zero-order chi connectivity index (χ0) is 26.7. The minimum atomic E-state index is -1.12. The lowest BCUT2D eigenvalue weighted by Gasteiger charge is -2.22. The first kappa shape index (κ1) is 29.0. The molecule has 0 radical (unpaired) electrons. The summed E-state index contributed by atoms with van der Waals surface area (Å²) < 4.78 is 35.3. The maximum atomic E-state index is 13.7. The molecule has 2 rings (SSSR count). The molecule has 0 spiro atoms. The molecule has 196 valence electrons. The number of methoxy groups -OCH3 is 2. The number of ketones is 1. The van der Waals surface area contributed by atoms with Crippen LogP contribution in [0.4, 0.5) is 4.39 Å². The van der Waals surface area contributed by atoms with Crippen molar-refractivity contribution < 1.29 is 38.0 Å². The Hall–Kier alpha value is -3.23. The quantitative estimate of drug-likeness (QED) is 0.222. The van der Waals surface area contributed by atoms with Gasteiger partial charge in [-0.1, -0.05) is 38.1 Å². The Morgan fingerprint density at radius 3 is 2.39 bits per heavy atom. The van der Waals surface area contributed by atoms with E-state index in [0.717, 1.165) is 11.1 Å². The van der Waals surface area contributed by atoms with Gasteiger partial charge in [0.2, 0.25) is 0 Å². The fourth-order valence-electron chi connectivity index (χ4n) is 3.71. The Balaban J connectivity index is 2.56. The number of aliphatic hydroxyl groups excluding tert-OH is 1. The number of carbonyl (C=O) groups is 2. The zero-order valence-electron chi connectivity index (χ0n) is 21.5. The summed E-state index contributed by atoms with van der Waals surface area (Å²) >= 11 is 0. The maximum absolute atomic E-state index is 13.7. The van der Waals surface area contributed by atoms with Crippen molar-refractivity contribution in [1.82, 2.24) is 0 Å². The van der Waals surface area contributed by atoms with Gasteiger partial charge >= 0.3 is 5.97 Å². The third kappa shape index (κ3) is 8.17. The first-order valence-electron chi connectivity index (χ1n) is 11.9. The van der Waals surface area contributed by atoms with Gasteiger partial charge in [-0.25, -0.2) is 4.39 Å². The second-order valence-corrected chi connectivity index (χ2v) is 8.44. The van der Waals surface area contributed by atoms with E-state index in [-0.39, 0.29) is 31.4 Å². The largest absolute Gasteiger partial charge is 0.493 e. The van der Waals surface area contributed by atoms with E-state index < -0.39 is 24.3 Å². The molecule has 7 nitrogen and oxygen atoms in total. The predicted molar refractivity (Wildman–Crippen MR) is 136 cm³/mol. The molecule has 0 amide bonds. The molecule has 2 aromatic rings. The summed E-state index contributed by atoms with van der Waals surface area (Å²) in [7, 11) is 3.12.